The van der Waals surface area contributed by atoms with Gasteiger partial charge in [-0.3, -0.25) is 9.59 Å². The number of nitrogens with one attached hydrogen (secondary N) is 1. The first kappa shape index (κ1) is 14.8. The van der Waals surface area contributed by atoms with E-state index in [9.17, 15) is 18.4 Å². The van der Waals surface area contributed by atoms with E-state index in [1.165, 1.54) is 25.1 Å². The molecule has 0 bridgehead atoms. The number of benzene rings is 1. The molecule has 1 atom stereocenters. The maximum atomic E-state index is 13.5. The molecule has 0 radical (unpaired) electrons. The maximum absolute atomic E-state index is 13.5. The molecule has 1 amide bonds. The van der Waals surface area contributed by atoms with Gasteiger partial charge in [0, 0.05) is 6.07 Å². The van der Waals surface area contributed by atoms with Crippen molar-refractivity contribution in [2.24, 2.45) is 0 Å². The Morgan fingerprint density at radius 3 is 2.48 bits per heavy atom. The Hall–Kier alpha value is -2.57. The molecule has 2 rings (SSSR count). The third kappa shape index (κ3) is 3.13. The number of anilines is 1. The molecule has 7 heteroatoms. The van der Waals surface area contributed by atoms with Crippen LogP contribution in [-0.4, -0.2) is 15.7 Å². The van der Waals surface area contributed by atoms with Gasteiger partial charge in [-0.2, -0.15) is 5.10 Å². The Morgan fingerprint density at radius 1 is 1.24 bits per heavy atom. The number of carbonyl (C=O) groups excluding carboxylic acids is 1. The van der Waals surface area contributed by atoms with Crippen molar-refractivity contribution in [1.29, 1.82) is 0 Å². The molecule has 1 aromatic heterocycles. The van der Waals surface area contributed by atoms with Crippen LogP contribution in [-0.2, 0) is 4.79 Å². The van der Waals surface area contributed by atoms with Gasteiger partial charge in [-0.05, 0) is 32.0 Å². The molecular formula is C14H13F2N3O2. The number of para-hydroxylation sites is 1. The van der Waals surface area contributed by atoms with E-state index in [0.29, 0.717) is 5.69 Å². The van der Waals surface area contributed by atoms with E-state index >= 15 is 0 Å². The van der Waals surface area contributed by atoms with Crippen LogP contribution in [0.3, 0.4) is 0 Å². The first-order valence-corrected chi connectivity index (χ1v) is 6.21. The van der Waals surface area contributed by atoms with Crippen LogP contribution < -0.4 is 10.9 Å². The topological polar surface area (TPSA) is 64.0 Å². The second-order valence-electron chi connectivity index (χ2n) is 4.52. The zero-order chi connectivity index (χ0) is 15.6. The van der Waals surface area contributed by atoms with Crippen molar-refractivity contribution in [3.05, 3.63) is 58.0 Å². The molecule has 2 aromatic rings. The van der Waals surface area contributed by atoms with Crippen LogP contribution in [0.5, 0.6) is 0 Å². The summed E-state index contributed by atoms with van der Waals surface area (Å²) in [6.45, 7) is 3.08. The van der Waals surface area contributed by atoms with Crippen molar-refractivity contribution in [3.63, 3.8) is 0 Å². The van der Waals surface area contributed by atoms with Crippen LogP contribution in [0.25, 0.3) is 0 Å². The summed E-state index contributed by atoms with van der Waals surface area (Å²) < 4.78 is 27.9. The highest BCUT2D eigenvalue weighted by molar-refractivity contribution is 5.93. The van der Waals surface area contributed by atoms with Gasteiger partial charge < -0.3 is 5.32 Å². The monoisotopic (exact) mass is 293 g/mol. The van der Waals surface area contributed by atoms with Crippen LogP contribution >= 0.6 is 0 Å². The second kappa shape index (κ2) is 5.82. The standard InChI is InChI=1S/C14H13F2N3O2/c1-8-6-7-12(20)19(18-8)9(2)14(21)17-13-10(15)4-3-5-11(13)16/h3-7,9H,1-2H3,(H,17,21). The summed E-state index contributed by atoms with van der Waals surface area (Å²) in [4.78, 5) is 23.7. The summed E-state index contributed by atoms with van der Waals surface area (Å²) >= 11 is 0. The predicted molar refractivity (Wildman–Crippen MR) is 72.9 cm³/mol. The lowest BCUT2D eigenvalue weighted by Crippen LogP contribution is -2.33. The lowest BCUT2D eigenvalue weighted by Gasteiger charge is -2.15. The highest BCUT2D eigenvalue weighted by Crippen LogP contribution is 2.19. The van der Waals surface area contributed by atoms with Crippen LogP contribution in [0, 0.1) is 18.6 Å². The molecule has 1 aromatic carbocycles. The zero-order valence-electron chi connectivity index (χ0n) is 11.4. The van der Waals surface area contributed by atoms with Crippen LogP contribution in [0.15, 0.2) is 35.1 Å². The average Bonchev–Trinajstić information content (AvgIpc) is 2.44. The SMILES string of the molecule is Cc1ccc(=O)n(C(C)C(=O)Nc2c(F)cccc2F)n1. The van der Waals surface area contributed by atoms with Crippen molar-refractivity contribution in [2.75, 3.05) is 5.32 Å². The summed E-state index contributed by atoms with van der Waals surface area (Å²) in [5.41, 5.74) is -0.473. The Kier molecular flexibility index (Phi) is 4.11. The molecule has 0 fully saturated rings. The fourth-order valence-electron chi connectivity index (χ4n) is 1.75. The summed E-state index contributed by atoms with van der Waals surface area (Å²) in [5.74, 6) is -2.51. The highest BCUT2D eigenvalue weighted by Gasteiger charge is 2.20. The normalized spacial score (nSPS) is 12.0. The molecule has 1 unspecified atom stereocenters. The van der Waals surface area contributed by atoms with Gasteiger partial charge in [0.2, 0.25) is 5.91 Å². The molecule has 1 N–H and O–H groups in total. The number of hydrogen-bond donors (Lipinski definition) is 1. The molecule has 0 saturated heterocycles. The maximum Gasteiger partial charge on any atom is 0.267 e. The van der Waals surface area contributed by atoms with Gasteiger partial charge in [-0.1, -0.05) is 6.07 Å². The molecule has 0 aliphatic carbocycles. The van der Waals surface area contributed by atoms with E-state index in [-0.39, 0.29) is 0 Å². The minimum absolute atomic E-state index is 0.475. The number of halogens is 2. The van der Waals surface area contributed by atoms with Gasteiger partial charge in [-0.15, -0.1) is 0 Å². The van der Waals surface area contributed by atoms with Gasteiger partial charge in [0.1, 0.15) is 23.4 Å². The van der Waals surface area contributed by atoms with Gasteiger partial charge in [-0.25, -0.2) is 13.5 Å². The van der Waals surface area contributed by atoms with Crippen molar-refractivity contribution in [1.82, 2.24) is 9.78 Å². The van der Waals surface area contributed by atoms with Crippen molar-refractivity contribution in [3.8, 4) is 0 Å². The van der Waals surface area contributed by atoms with E-state index < -0.39 is 34.8 Å². The number of hydrogen-bond acceptors (Lipinski definition) is 3. The van der Waals surface area contributed by atoms with E-state index in [2.05, 4.69) is 10.4 Å². The quantitative estimate of drug-likeness (QED) is 0.941. The average molecular weight is 293 g/mol. The summed E-state index contributed by atoms with van der Waals surface area (Å²) in [5, 5.41) is 6.07. The van der Waals surface area contributed by atoms with Crippen LogP contribution in [0.2, 0.25) is 0 Å². The van der Waals surface area contributed by atoms with Gasteiger partial charge in [0.15, 0.2) is 0 Å². The molecule has 1 heterocycles. The number of amides is 1. The molecule has 110 valence electrons. The molecule has 5 nitrogen and oxygen atoms in total. The largest absolute Gasteiger partial charge is 0.319 e. The summed E-state index contributed by atoms with van der Waals surface area (Å²) in [7, 11) is 0. The fraction of sp³-hybridized carbons (Fsp3) is 0.214. The van der Waals surface area contributed by atoms with Crippen molar-refractivity contribution in [2.45, 2.75) is 19.9 Å². The number of rotatable bonds is 3. The second-order valence-corrected chi connectivity index (χ2v) is 4.52. The Labute approximate surface area is 119 Å². The Morgan fingerprint density at radius 2 is 1.86 bits per heavy atom. The number of aryl methyl sites for hydroxylation is 1. The van der Waals surface area contributed by atoms with E-state index in [1.807, 2.05) is 0 Å². The van der Waals surface area contributed by atoms with Crippen molar-refractivity contribution < 1.29 is 13.6 Å². The first-order chi connectivity index (χ1) is 9.90. The minimum atomic E-state index is -1.00. The molecule has 0 aliphatic rings. The first-order valence-electron chi connectivity index (χ1n) is 6.21. The summed E-state index contributed by atoms with van der Waals surface area (Å²) in [6, 6.07) is 5.03. The lowest BCUT2D eigenvalue weighted by atomic mass is 10.2. The third-order valence-corrected chi connectivity index (χ3v) is 2.92. The smallest absolute Gasteiger partial charge is 0.267 e. The van der Waals surface area contributed by atoms with Crippen LogP contribution in [0.1, 0.15) is 18.7 Å². The zero-order valence-corrected chi connectivity index (χ0v) is 11.4. The lowest BCUT2D eigenvalue weighted by molar-refractivity contribution is -0.119. The van der Waals surface area contributed by atoms with Gasteiger partial charge in [0.25, 0.3) is 5.56 Å². The molecule has 21 heavy (non-hydrogen) atoms. The van der Waals surface area contributed by atoms with Crippen molar-refractivity contribution >= 4 is 11.6 Å². The number of nitrogens with zero attached hydrogens (tertiary/aromatic N) is 2. The van der Waals surface area contributed by atoms with Gasteiger partial charge in [0.05, 0.1) is 5.69 Å². The summed E-state index contributed by atoms with van der Waals surface area (Å²) in [6.07, 6.45) is 0. The minimum Gasteiger partial charge on any atom is -0.319 e. The Bertz CT molecular complexity index is 723. The fourth-order valence-corrected chi connectivity index (χ4v) is 1.75. The molecular weight excluding hydrogens is 280 g/mol. The highest BCUT2D eigenvalue weighted by atomic mass is 19.1. The van der Waals surface area contributed by atoms with Gasteiger partial charge >= 0.3 is 0 Å². The third-order valence-electron chi connectivity index (χ3n) is 2.92. The Balaban J connectivity index is 2.28. The number of aromatic nitrogens is 2. The molecule has 0 saturated carbocycles. The predicted octanol–water partition coefficient (Wildman–Crippen LogP) is 2.03. The van der Waals surface area contributed by atoms with E-state index in [0.717, 1.165) is 16.8 Å². The van der Waals surface area contributed by atoms with E-state index in [4.69, 9.17) is 0 Å². The molecule has 0 aliphatic heterocycles. The number of carbonyl (C=O) groups is 1. The van der Waals surface area contributed by atoms with E-state index in [1.54, 1.807) is 6.92 Å². The molecule has 0 spiro atoms. The van der Waals surface area contributed by atoms with Crippen LogP contribution in [0.4, 0.5) is 14.5 Å².